The molecule has 4 N–H and O–H groups in total. The van der Waals surface area contributed by atoms with Crippen LogP contribution in [0.25, 0.3) is 55.5 Å². The van der Waals surface area contributed by atoms with Crippen molar-refractivity contribution in [3.05, 3.63) is 118 Å². The van der Waals surface area contributed by atoms with E-state index in [9.17, 15) is 55.7 Å². The van der Waals surface area contributed by atoms with Crippen LogP contribution in [0.15, 0.2) is 72.8 Å². The molecule has 68 heavy (non-hydrogen) atoms. The SMILES string of the molecule is COC(=O)c1c(C(F)(F)F)[nH]c2c(O)cc3c(c12)[C@H](CCl)CN3C(=O)/C=C/c1c2ccccc2c(/C=C/C(=O)N2C[C@@H](CCl)c3c2cc(O)c2[nH]c(C(F)(F)F)c(C(=O)OC)c32)c2ccccc12. The van der Waals surface area contributed by atoms with Gasteiger partial charge in [-0.3, -0.25) is 9.59 Å². The number of fused-ring (bicyclic) bond motifs is 8. The molecule has 0 saturated heterocycles. The summed E-state index contributed by atoms with van der Waals surface area (Å²) in [7, 11) is 1.85. The van der Waals surface area contributed by atoms with Gasteiger partial charge in [-0.2, -0.15) is 26.3 Å². The van der Waals surface area contributed by atoms with E-state index in [4.69, 9.17) is 32.7 Å². The Morgan fingerprint density at radius 3 is 1.28 bits per heavy atom. The van der Waals surface area contributed by atoms with Crippen LogP contribution in [-0.4, -0.2) is 83.0 Å². The first-order valence-electron chi connectivity index (χ1n) is 20.5. The molecule has 2 aliphatic heterocycles. The van der Waals surface area contributed by atoms with E-state index in [-0.39, 0.29) is 69.2 Å². The van der Waals surface area contributed by atoms with Gasteiger partial charge in [0, 0.05) is 71.7 Å². The molecule has 0 unspecified atom stereocenters. The number of phenolic OH excluding ortho intramolecular Hbond substituents is 2. The number of phenols is 2. The third kappa shape index (κ3) is 7.24. The third-order valence-corrected chi connectivity index (χ3v) is 13.1. The molecule has 4 heterocycles. The highest BCUT2D eigenvalue weighted by molar-refractivity contribution is 6.22. The van der Waals surface area contributed by atoms with Crippen molar-refractivity contribution in [1.29, 1.82) is 0 Å². The molecule has 0 fully saturated rings. The van der Waals surface area contributed by atoms with Gasteiger partial charge < -0.3 is 39.5 Å². The lowest BCUT2D eigenvalue weighted by Crippen LogP contribution is -2.28. The van der Waals surface area contributed by atoms with Crippen LogP contribution in [-0.2, 0) is 31.4 Å². The molecular formula is C48H34Cl2F6N4O8. The number of rotatable bonds is 8. The molecule has 0 spiro atoms. The summed E-state index contributed by atoms with van der Waals surface area (Å²) in [6, 6.07) is 16.6. The number of esters is 2. The molecule has 7 aromatic rings. The van der Waals surface area contributed by atoms with E-state index in [2.05, 4.69) is 9.97 Å². The van der Waals surface area contributed by atoms with Gasteiger partial charge in [0.25, 0.3) is 11.8 Å². The van der Waals surface area contributed by atoms with Crippen LogP contribution in [0.1, 0.15) is 66.2 Å². The van der Waals surface area contributed by atoms with Crippen LogP contribution >= 0.6 is 23.2 Å². The summed E-state index contributed by atoms with van der Waals surface area (Å²) in [6.45, 7) is -0.201. The molecule has 5 aromatic carbocycles. The quantitative estimate of drug-likeness (QED) is 0.0384. The van der Waals surface area contributed by atoms with Gasteiger partial charge in [-0.05, 0) is 56.0 Å². The number of aromatic amines is 2. The van der Waals surface area contributed by atoms with Crippen LogP contribution in [0.4, 0.5) is 37.7 Å². The van der Waals surface area contributed by atoms with Crippen LogP contribution in [0.5, 0.6) is 11.5 Å². The maximum absolute atomic E-state index is 14.2. The Labute approximate surface area is 389 Å². The molecule has 2 atom stereocenters. The van der Waals surface area contributed by atoms with E-state index >= 15 is 0 Å². The largest absolute Gasteiger partial charge is 0.506 e. The molecule has 350 valence electrons. The predicted molar refractivity (Wildman–Crippen MR) is 244 cm³/mol. The smallest absolute Gasteiger partial charge is 0.432 e. The number of carbonyl (C=O) groups is 4. The zero-order valence-corrected chi connectivity index (χ0v) is 36.8. The van der Waals surface area contributed by atoms with Crippen molar-refractivity contribution in [2.75, 3.05) is 48.9 Å². The summed E-state index contributed by atoms with van der Waals surface area (Å²) >= 11 is 12.7. The molecule has 0 saturated carbocycles. The first-order chi connectivity index (χ1) is 32.3. The zero-order valence-electron chi connectivity index (χ0n) is 35.3. The first kappa shape index (κ1) is 46.0. The van der Waals surface area contributed by atoms with Gasteiger partial charge >= 0.3 is 24.3 Å². The van der Waals surface area contributed by atoms with Crippen molar-refractivity contribution in [2.24, 2.45) is 0 Å². The van der Waals surface area contributed by atoms with Gasteiger partial charge in [0.2, 0.25) is 0 Å². The second kappa shape index (κ2) is 16.9. The molecule has 12 nitrogen and oxygen atoms in total. The lowest BCUT2D eigenvalue weighted by atomic mass is 9.91. The Morgan fingerprint density at radius 1 is 0.647 bits per heavy atom. The van der Waals surface area contributed by atoms with Gasteiger partial charge in [-0.25, -0.2) is 9.59 Å². The zero-order chi connectivity index (χ0) is 48.7. The van der Waals surface area contributed by atoms with Crippen molar-refractivity contribution < 1.29 is 65.2 Å². The Bertz CT molecular complexity index is 3100. The van der Waals surface area contributed by atoms with E-state index in [0.717, 1.165) is 26.4 Å². The minimum atomic E-state index is -5.04. The number of hydrogen-bond donors (Lipinski definition) is 4. The normalized spacial score (nSPS) is 16.3. The van der Waals surface area contributed by atoms with E-state index in [1.807, 2.05) is 0 Å². The maximum atomic E-state index is 14.2. The summed E-state index contributed by atoms with van der Waals surface area (Å²) in [5.41, 5.74) is -3.74. The second-order valence-electron chi connectivity index (χ2n) is 16.1. The van der Waals surface area contributed by atoms with Crippen molar-refractivity contribution in [3.63, 3.8) is 0 Å². The number of amides is 2. The Balaban J connectivity index is 1.10. The summed E-state index contributed by atoms with van der Waals surface area (Å²) in [4.78, 5) is 60.9. The standard InChI is InChI=1S/C48H34Cl2F6N4O8/c1-67-45(65)39-37-35-21(17-49)19-59(29(35)15-31(61)41(37)57-43(39)47(51,52)53)33(63)13-11-27-23-7-3-5-9-25(23)28(26-10-6-4-8-24(26)27)12-14-34(64)60-20-22(18-50)36-30(60)16-32(62)42-38(36)40(46(66)68-2)44(58-42)48(54,55)56/h3-16,21-22,57-58,61-62H,17-20H2,1-2H3/b13-11+,14-12+/t21-,22-/m1/s1. The maximum Gasteiger partial charge on any atom is 0.432 e. The van der Waals surface area contributed by atoms with Gasteiger partial charge in [-0.1, -0.05) is 48.5 Å². The number of carbonyl (C=O) groups excluding carboxylic acids is 4. The van der Waals surface area contributed by atoms with E-state index < -0.39 is 82.0 Å². The number of aromatic hydroxyl groups is 2. The highest BCUT2D eigenvalue weighted by atomic mass is 35.5. The lowest BCUT2D eigenvalue weighted by Gasteiger charge is -2.17. The van der Waals surface area contributed by atoms with Crippen LogP contribution in [0.3, 0.4) is 0 Å². The number of ether oxygens (including phenoxy) is 2. The predicted octanol–water partition coefficient (Wildman–Crippen LogP) is 10.7. The molecule has 9 rings (SSSR count). The van der Waals surface area contributed by atoms with E-state index in [0.29, 0.717) is 32.7 Å². The average Bonchev–Trinajstić information content (AvgIpc) is 4.10. The summed E-state index contributed by atoms with van der Waals surface area (Å²) < 4.78 is 94.7. The van der Waals surface area contributed by atoms with Gasteiger partial charge in [0.1, 0.15) is 22.9 Å². The number of halogens is 8. The van der Waals surface area contributed by atoms with Crippen LogP contribution < -0.4 is 9.80 Å². The molecule has 0 aliphatic carbocycles. The molecule has 0 bridgehead atoms. The number of H-pyrrole nitrogens is 2. The molecule has 2 aromatic heterocycles. The highest BCUT2D eigenvalue weighted by Gasteiger charge is 2.45. The van der Waals surface area contributed by atoms with Crippen molar-refractivity contribution >= 4 is 114 Å². The monoisotopic (exact) mass is 978 g/mol. The van der Waals surface area contributed by atoms with E-state index in [1.165, 1.54) is 22.0 Å². The number of hydrogen-bond acceptors (Lipinski definition) is 8. The number of aromatic nitrogens is 2. The van der Waals surface area contributed by atoms with Gasteiger partial charge in [0.05, 0.1) is 47.8 Å². The molecule has 20 heteroatoms. The fourth-order valence-electron chi connectivity index (χ4n) is 9.58. The fourth-order valence-corrected chi connectivity index (χ4v) is 10.1. The number of nitrogens with one attached hydrogen (secondary N) is 2. The van der Waals surface area contributed by atoms with Crippen molar-refractivity contribution in [3.8, 4) is 11.5 Å². The summed E-state index contributed by atoms with van der Waals surface area (Å²) in [5.74, 6) is -6.97. The number of methoxy groups -OCH3 is 2. The summed E-state index contributed by atoms with van der Waals surface area (Å²) in [6.07, 6.45) is -4.38. The Morgan fingerprint density at radius 2 is 0.985 bits per heavy atom. The van der Waals surface area contributed by atoms with Gasteiger partial charge in [0.15, 0.2) is 0 Å². The molecule has 2 amide bonds. The second-order valence-corrected chi connectivity index (χ2v) is 16.7. The third-order valence-electron chi connectivity index (χ3n) is 12.4. The molecule has 2 aliphatic rings. The topological polar surface area (TPSA) is 165 Å². The molecule has 0 radical (unpaired) electrons. The van der Waals surface area contributed by atoms with Gasteiger partial charge in [-0.15, -0.1) is 23.2 Å². The summed E-state index contributed by atoms with van der Waals surface area (Å²) in [5, 5.41) is 24.0. The first-order valence-corrected chi connectivity index (χ1v) is 21.6. The highest BCUT2D eigenvalue weighted by Crippen LogP contribution is 2.51. The van der Waals surface area contributed by atoms with E-state index in [1.54, 1.807) is 60.7 Å². The number of nitrogens with zero attached hydrogens (tertiary/aromatic N) is 2. The Kier molecular flexibility index (Phi) is 11.4. The minimum Gasteiger partial charge on any atom is -0.506 e. The number of anilines is 2. The Hall–Kier alpha value is -7.18. The molecular weight excluding hydrogens is 945 g/mol. The van der Waals surface area contributed by atoms with Crippen molar-refractivity contribution in [1.82, 2.24) is 9.97 Å². The average molecular weight is 980 g/mol. The lowest BCUT2D eigenvalue weighted by molar-refractivity contribution is -0.141. The fraction of sp³-hybridized carbons (Fsp3) is 0.208. The minimum absolute atomic E-state index is 0.0498. The number of alkyl halides is 8. The number of benzene rings is 5. The van der Waals surface area contributed by atoms with Crippen molar-refractivity contribution in [2.45, 2.75) is 24.2 Å². The van der Waals surface area contributed by atoms with Crippen LogP contribution in [0, 0.1) is 0 Å². The van der Waals surface area contributed by atoms with Crippen LogP contribution in [0.2, 0.25) is 0 Å².